The molecule has 0 bridgehead atoms. The number of nitrogens with zero attached hydrogens (tertiary/aromatic N) is 1. The molecule has 0 amide bonds. The first-order valence-electron chi connectivity index (χ1n) is 3.90. The minimum Gasteiger partial charge on any atom is -0.309 e. The van der Waals surface area contributed by atoms with Crippen molar-refractivity contribution < 1.29 is 0 Å². The van der Waals surface area contributed by atoms with Crippen LogP contribution in [0.4, 0.5) is 0 Å². The van der Waals surface area contributed by atoms with Crippen molar-refractivity contribution >= 4 is 0 Å². The number of hydrazine groups is 1. The van der Waals surface area contributed by atoms with E-state index in [1.165, 1.54) is 0 Å². The van der Waals surface area contributed by atoms with Crippen LogP contribution in [-0.4, -0.2) is 37.2 Å². The molecule has 0 unspecified atom stereocenters. The molecule has 1 saturated heterocycles. The fourth-order valence-electron chi connectivity index (χ4n) is 1.51. The Hall–Kier alpha value is -0.120. The molecule has 0 aromatic carbocycles. The van der Waals surface area contributed by atoms with Gasteiger partial charge in [-0.1, -0.05) is 0 Å². The normalized spacial score (nSPS) is 36.3. The van der Waals surface area contributed by atoms with Gasteiger partial charge in [0, 0.05) is 25.2 Å². The average Bonchev–Trinajstić information content (AvgIpc) is 1.85. The first-order valence-corrected chi connectivity index (χ1v) is 3.90. The molecular formula is C7H17N3. The van der Waals surface area contributed by atoms with Crippen LogP contribution in [0.3, 0.4) is 0 Å². The van der Waals surface area contributed by atoms with E-state index < -0.39 is 0 Å². The van der Waals surface area contributed by atoms with Gasteiger partial charge in [0.25, 0.3) is 0 Å². The highest BCUT2D eigenvalue weighted by Gasteiger charge is 2.18. The van der Waals surface area contributed by atoms with Crippen molar-refractivity contribution in [2.24, 2.45) is 0 Å². The third-order valence-electron chi connectivity index (χ3n) is 1.87. The molecular weight excluding hydrogens is 126 g/mol. The fraction of sp³-hybridized carbons (Fsp3) is 1.00. The van der Waals surface area contributed by atoms with Crippen molar-refractivity contribution in [3.8, 4) is 0 Å². The number of piperazine rings is 1. The minimum atomic E-state index is 0.608. The molecule has 0 aromatic rings. The molecule has 0 spiro atoms. The van der Waals surface area contributed by atoms with Crippen LogP contribution < -0.4 is 10.7 Å². The van der Waals surface area contributed by atoms with Gasteiger partial charge in [-0.25, -0.2) is 5.01 Å². The summed E-state index contributed by atoms with van der Waals surface area (Å²) in [7, 11) is 1.98. The Morgan fingerprint density at radius 3 is 2.20 bits per heavy atom. The van der Waals surface area contributed by atoms with Crippen molar-refractivity contribution in [2.45, 2.75) is 25.9 Å². The second-order valence-electron chi connectivity index (χ2n) is 3.10. The van der Waals surface area contributed by atoms with Gasteiger partial charge in [0.05, 0.1) is 0 Å². The summed E-state index contributed by atoms with van der Waals surface area (Å²) in [6.45, 7) is 6.61. The number of hydrogen-bond acceptors (Lipinski definition) is 3. The summed E-state index contributed by atoms with van der Waals surface area (Å²) >= 11 is 0. The van der Waals surface area contributed by atoms with Crippen molar-refractivity contribution in [1.82, 2.24) is 15.8 Å². The van der Waals surface area contributed by atoms with Gasteiger partial charge >= 0.3 is 0 Å². The monoisotopic (exact) mass is 143 g/mol. The van der Waals surface area contributed by atoms with E-state index in [0.717, 1.165) is 13.1 Å². The van der Waals surface area contributed by atoms with Crippen molar-refractivity contribution in [3.63, 3.8) is 0 Å². The topological polar surface area (TPSA) is 27.3 Å². The second kappa shape index (κ2) is 3.32. The molecule has 3 heteroatoms. The lowest BCUT2D eigenvalue weighted by atomic mass is 10.2. The van der Waals surface area contributed by atoms with Crippen LogP contribution in [0.25, 0.3) is 0 Å². The molecule has 2 N–H and O–H groups in total. The minimum absolute atomic E-state index is 0.608. The van der Waals surface area contributed by atoms with Gasteiger partial charge in [-0.05, 0) is 20.9 Å². The van der Waals surface area contributed by atoms with Gasteiger partial charge < -0.3 is 5.32 Å². The van der Waals surface area contributed by atoms with Crippen molar-refractivity contribution in [2.75, 3.05) is 20.1 Å². The molecule has 60 valence electrons. The van der Waals surface area contributed by atoms with Gasteiger partial charge in [0.1, 0.15) is 0 Å². The number of rotatable bonds is 1. The molecule has 0 radical (unpaired) electrons. The molecule has 1 aliphatic rings. The standard InChI is InChI=1S/C7H17N3/c1-6-4-10(8-3)5-7(2)9-6/h6-9H,4-5H2,1-3H3/t6-,7+. The third kappa shape index (κ3) is 1.94. The predicted molar refractivity (Wildman–Crippen MR) is 42.7 cm³/mol. The van der Waals surface area contributed by atoms with Crippen LogP contribution in [0.1, 0.15) is 13.8 Å². The number of nitrogens with one attached hydrogen (secondary N) is 2. The maximum atomic E-state index is 3.46. The lowest BCUT2D eigenvalue weighted by Gasteiger charge is -2.35. The maximum Gasteiger partial charge on any atom is 0.0283 e. The summed E-state index contributed by atoms with van der Waals surface area (Å²) in [4.78, 5) is 0. The largest absolute Gasteiger partial charge is 0.309 e. The SMILES string of the molecule is CNN1C[C@@H](C)N[C@@H](C)C1. The van der Waals surface area contributed by atoms with E-state index in [-0.39, 0.29) is 0 Å². The highest BCUT2D eigenvalue weighted by Crippen LogP contribution is 1.99. The molecule has 1 rings (SSSR count). The summed E-state index contributed by atoms with van der Waals surface area (Å²) in [5.74, 6) is 0. The number of hydrogen-bond donors (Lipinski definition) is 2. The van der Waals surface area contributed by atoms with Crippen LogP contribution in [-0.2, 0) is 0 Å². The highest BCUT2D eigenvalue weighted by atomic mass is 15.5. The summed E-state index contributed by atoms with van der Waals surface area (Å²) in [6.07, 6.45) is 0. The van der Waals surface area contributed by atoms with E-state index in [0.29, 0.717) is 12.1 Å². The van der Waals surface area contributed by atoms with Gasteiger partial charge in [-0.2, -0.15) is 0 Å². The zero-order valence-corrected chi connectivity index (χ0v) is 7.02. The zero-order chi connectivity index (χ0) is 7.56. The Morgan fingerprint density at radius 2 is 1.80 bits per heavy atom. The molecule has 0 saturated carbocycles. The quantitative estimate of drug-likeness (QED) is 0.532. The van der Waals surface area contributed by atoms with E-state index in [1.54, 1.807) is 0 Å². The lowest BCUT2D eigenvalue weighted by Crippen LogP contribution is -2.57. The van der Waals surface area contributed by atoms with Crippen molar-refractivity contribution in [1.29, 1.82) is 0 Å². The van der Waals surface area contributed by atoms with Gasteiger partial charge in [0.2, 0.25) is 0 Å². The predicted octanol–water partition coefficient (Wildman–Crippen LogP) is -0.197. The molecule has 1 aliphatic heterocycles. The summed E-state index contributed by atoms with van der Waals surface area (Å²) < 4.78 is 0. The van der Waals surface area contributed by atoms with Gasteiger partial charge in [-0.15, -0.1) is 0 Å². The second-order valence-corrected chi connectivity index (χ2v) is 3.10. The van der Waals surface area contributed by atoms with Gasteiger partial charge in [-0.3, -0.25) is 5.43 Å². The van der Waals surface area contributed by atoms with E-state index in [9.17, 15) is 0 Å². The molecule has 1 fully saturated rings. The molecule has 0 aromatic heterocycles. The van der Waals surface area contributed by atoms with Gasteiger partial charge in [0.15, 0.2) is 0 Å². The van der Waals surface area contributed by atoms with E-state index in [2.05, 4.69) is 29.6 Å². The van der Waals surface area contributed by atoms with Crippen LogP contribution >= 0.6 is 0 Å². The van der Waals surface area contributed by atoms with Crippen molar-refractivity contribution in [3.05, 3.63) is 0 Å². The molecule has 1 heterocycles. The van der Waals surface area contributed by atoms with Crippen LogP contribution in [0, 0.1) is 0 Å². The molecule has 0 aliphatic carbocycles. The Morgan fingerprint density at radius 1 is 1.30 bits per heavy atom. The Kier molecular flexibility index (Phi) is 2.65. The van der Waals surface area contributed by atoms with E-state index >= 15 is 0 Å². The fourth-order valence-corrected chi connectivity index (χ4v) is 1.51. The molecule has 10 heavy (non-hydrogen) atoms. The third-order valence-corrected chi connectivity index (χ3v) is 1.87. The molecule has 2 atom stereocenters. The Balaban J connectivity index is 2.35. The smallest absolute Gasteiger partial charge is 0.0283 e. The summed E-state index contributed by atoms with van der Waals surface area (Å²) in [6, 6.07) is 1.22. The average molecular weight is 143 g/mol. The van der Waals surface area contributed by atoms with Crippen LogP contribution in [0.15, 0.2) is 0 Å². The first kappa shape index (κ1) is 7.98. The van der Waals surface area contributed by atoms with E-state index in [1.807, 2.05) is 7.05 Å². The summed E-state index contributed by atoms with van der Waals surface area (Å²) in [5, 5.41) is 5.70. The maximum absolute atomic E-state index is 3.46. The molecule has 3 nitrogen and oxygen atoms in total. The Labute approximate surface area is 62.8 Å². The summed E-state index contributed by atoms with van der Waals surface area (Å²) in [5.41, 5.74) is 3.16. The van der Waals surface area contributed by atoms with E-state index in [4.69, 9.17) is 0 Å². The lowest BCUT2D eigenvalue weighted by molar-refractivity contribution is 0.128. The van der Waals surface area contributed by atoms with Crippen LogP contribution in [0.5, 0.6) is 0 Å². The first-order chi connectivity index (χ1) is 4.72. The zero-order valence-electron chi connectivity index (χ0n) is 7.02. The highest BCUT2D eigenvalue weighted by molar-refractivity contribution is 4.78. The van der Waals surface area contributed by atoms with Crippen LogP contribution in [0.2, 0.25) is 0 Å². The Bertz CT molecular complexity index is 95.0.